The summed E-state index contributed by atoms with van der Waals surface area (Å²) in [7, 11) is 0. The van der Waals surface area contributed by atoms with Gasteiger partial charge in [-0.1, -0.05) is 64.3 Å². The van der Waals surface area contributed by atoms with Crippen molar-refractivity contribution in [3.63, 3.8) is 0 Å². The number of hydrogen-bond donors (Lipinski definition) is 0. The van der Waals surface area contributed by atoms with Gasteiger partial charge >= 0.3 is 5.69 Å². The van der Waals surface area contributed by atoms with E-state index in [0.29, 0.717) is 17.3 Å². The van der Waals surface area contributed by atoms with E-state index in [1.54, 1.807) is 4.57 Å². The molecule has 0 aliphatic carbocycles. The van der Waals surface area contributed by atoms with E-state index in [1.165, 1.54) is 0 Å². The Bertz CT molecular complexity index is 893. The summed E-state index contributed by atoms with van der Waals surface area (Å²) in [5.41, 5.74) is 2.29. The zero-order valence-corrected chi connectivity index (χ0v) is 15.6. The van der Waals surface area contributed by atoms with Crippen LogP contribution in [-0.4, -0.2) is 14.9 Å². The van der Waals surface area contributed by atoms with Gasteiger partial charge in [-0.05, 0) is 31.0 Å². The molecule has 2 aromatic carbocycles. The second kappa shape index (κ2) is 7.95. The van der Waals surface area contributed by atoms with Gasteiger partial charge in [0.2, 0.25) is 0 Å². The van der Waals surface area contributed by atoms with Crippen LogP contribution >= 0.6 is 27.5 Å². The maximum Gasteiger partial charge on any atom is 0.348 e. The van der Waals surface area contributed by atoms with E-state index >= 15 is 0 Å². The van der Waals surface area contributed by atoms with Gasteiger partial charge in [-0.2, -0.15) is 4.98 Å². The lowest BCUT2D eigenvalue weighted by molar-refractivity contribution is 0.596. The van der Waals surface area contributed by atoms with E-state index in [-0.39, 0.29) is 5.69 Å². The highest BCUT2D eigenvalue weighted by atomic mass is 79.9. The molecule has 0 spiro atoms. The smallest absolute Gasteiger partial charge is 0.292 e. The van der Waals surface area contributed by atoms with Crippen LogP contribution in [0.3, 0.4) is 0 Å². The third kappa shape index (κ3) is 3.70. The molecular weight excluding hydrogens is 388 g/mol. The monoisotopic (exact) mass is 404 g/mol. The van der Waals surface area contributed by atoms with E-state index in [2.05, 4.69) is 20.9 Å². The summed E-state index contributed by atoms with van der Waals surface area (Å²) in [4.78, 5) is 16.9. The second-order valence-corrected chi connectivity index (χ2v) is 6.90. The van der Waals surface area contributed by atoms with Crippen LogP contribution in [0.15, 0.2) is 53.3 Å². The highest BCUT2D eigenvalue weighted by Crippen LogP contribution is 2.27. The number of rotatable bonds is 6. The molecule has 0 amide bonds. The van der Waals surface area contributed by atoms with Crippen molar-refractivity contribution in [2.75, 3.05) is 5.33 Å². The van der Waals surface area contributed by atoms with E-state index in [9.17, 15) is 4.79 Å². The van der Waals surface area contributed by atoms with Crippen molar-refractivity contribution in [1.29, 1.82) is 0 Å². The fraction of sp³-hybridized carbons (Fsp3) is 0.263. The minimum atomic E-state index is -0.206. The first kappa shape index (κ1) is 17.2. The predicted molar refractivity (Wildman–Crippen MR) is 104 cm³/mol. The summed E-state index contributed by atoms with van der Waals surface area (Å²) in [6, 6.07) is 15.4. The third-order valence-corrected chi connectivity index (χ3v) is 4.80. The largest absolute Gasteiger partial charge is 0.348 e. The predicted octanol–water partition coefficient (Wildman–Crippen LogP) is 5.28. The molecule has 5 heteroatoms. The number of halogens is 2. The number of aromatic nitrogens is 2. The average molecular weight is 406 g/mol. The fourth-order valence-electron chi connectivity index (χ4n) is 2.83. The van der Waals surface area contributed by atoms with Gasteiger partial charge < -0.3 is 0 Å². The molecule has 0 aliphatic rings. The van der Waals surface area contributed by atoms with Crippen molar-refractivity contribution < 1.29 is 0 Å². The van der Waals surface area contributed by atoms with Crippen LogP contribution in [0.2, 0.25) is 5.02 Å². The lowest BCUT2D eigenvalue weighted by Crippen LogP contribution is -2.24. The zero-order chi connectivity index (χ0) is 16.9. The van der Waals surface area contributed by atoms with Crippen molar-refractivity contribution >= 4 is 38.4 Å². The summed E-state index contributed by atoms with van der Waals surface area (Å²) < 4.78 is 1.76. The lowest BCUT2D eigenvalue weighted by atomic mass is 10.1. The van der Waals surface area contributed by atoms with Gasteiger partial charge in [0.15, 0.2) is 0 Å². The second-order valence-electron chi connectivity index (χ2n) is 5.67. The first-order chi connectivity index (χ1) is 11.7. The number of nitrogens with zero attached hydrogens (tertiary/aromatic N) is 2. The first-order valence-electron chi connectivity index (χ1n) is 8.02. The lowest BCUT2D eigenvalue weighted by Gasteiger charge is -2.13. The third-order valence-electron chi connectivity index (χ3n) is 4.01. The van der Waals surface area contributed by atoms with Crippen LogP contribution in [0.5, 0.6) is 0 Å². The van der Waals surface area contributed by atoms with Crippen LogP contribution < -0.4 is 5.69 Å². The molecule has 3 nitrogen and oxygen atoms in total. The zero-order valence-electron chi connectivity index (χ0n) is 13.2. The molecule has 0 saturated carbocycles. The molecule has 3 aromatic rings. The Hall–Kier alpha value is -1.65. The molecule has 0 bridgehead atoms. The van der Waals surface area contributed by atoms with Crippen molar-refractivity contribution in [3.8, 4) is 11.3 Å². The number of fused-ring (bicyclic) bond motifs is 1. The van der Waals surface area contributed by atoms with Crippen molar-refractivity contribution in [1.82, 2.24) is 9.55 Å². The molecule has 0 fully saturated rings. The van der Waals surface area contributed by atoms with Crippen LogP contribution in [-0.2, 0) is 6.54 Å². The molecule has 0 aliphatic heterocycles. The first-order valence-corrected chi connectivity index (χ1v) is 9.52. The van der Waals surface area contributed by atoms with E-state index in [0.717, 1.165) is 41.1 Å². The van der Waals surface area contributed by atoms with Crippen LogP contribution in [0.4, 0.5) is 0 Å². The molecule has 0 radical (unpaired) electrons. The highest BCUT2D eigenvalue weighted by Gasteiger charge is 2.12. The van der Waals surface area contributed by atoms with Gasteiger partial charge in [-0.15, -0.1) is 0 Å². The summed E-state index contributed by atoms with van der Waals surface area (Å²) in [5, 5.41) is 2.54. The van der Waals surface area contributed by atoms with E-state index in [1.807, 2.05) is 48.5 Å². The Balaban J connectivity index is 2.12. The van der Waals surface area contributed by atoms with Crippen LogP contribution in [0.1, 0.15) is 19.3 Å². The van der Waals surface area contributed by atoms with Crippen LogP contribution in [0, 0.1) is 0 Å². The van der Waals surface area contributed by atoms with Crippen molar-refractivity contribution in [2.45, 2.75) is 25.8 Å². The summed E-state index contributed by atoms with van der Waals surface area (Å²) in [6.07, 6.45) is 3.14. The molecule has 0 atom stereocenters. The Morgan fingerprint density at radius 2 is 1.83 bits per heavy atom. The standard InChI is InChI=1S/C19H18BrClN2O/c20-11-5-2-6-12-23-17-10-9-15(21)13-16(17)18(22-19(23)24)14-7-3-1-4-8-14/h1,3-4,7-10,13H,2,5-6,11-12H2. The maximum absolute atomic E-state index is 12.6. The molecule has 124 valence electrons. The van der Waals surface area contributed by atoms with Crippen molar-refractivity contribution in [2.24, 2.45) is 0 Å². The summed E-state index contributed by atoms with van der Waals surface area (Å²) >= 11 is 9.63. The van der Waals surface area contributed by atoms with Crippen LogP contribution in [0.25, 0.3) is 22.2 Å². The van der Waals surface area contributed by atoms with Gasteiger partial charge in [0.25, 0.3) is 0 Å². The molecule has 0 unspecified atom stereocenters. The summed E-state index contributed by atoms with van der Waals surface area (Å²) in [6.45, 7) is 0.673. The van der Waals surface area contributed by atoms with Gasteiger partial charge in [0.1, 0.15) is 0 Å². The Morgan fingerprint density at radius 3 is 2.58 bits per heavy atom. The average Bonchev–Trinajstić information content (AvgIpc) is 2.60. The molecule has 1 heterocycles. The number of alkyl halides is 1. The number of benzene rings is 2. The van der Waals surface area contributed by atoms with E-state index in [4.69, 9.17) is 11.6 Å². The van der Waals surface area contributed by atoms with E-state index < -0.39 is 0 Å². The maximum atomic E-state index is 12.6. The topological polar surface area (TPSA) is 34.9 Å². The minimum Gasteiger partial charge on any atom is -0.292 e. The highest BCUT2D eigenvalue weighted by molar-refractivity contribution is 9.09. The quantitative estimate of drug-likeness (QED) is 0.413. The Kier molecular flexibility index (Phi) is 5.69. The minimum absolute atomic E-state index is 0.206. The Morgan fingerprint density at radius 1 is 1.04 bits per heavy atom. The van der Waals surface area contributed by atoms with Gasteiger partial charge in [0, 0.05) is 27.8 Å². The van der Waals surface area contributed by atoms with Gasteiger partial charge in [0.05, 0.1) is 11.2 Å². The number of aryl methyl sites for hydroxylation is 1. The van der Waals surface area contributed by atoms with Gasteiger partial charge in [-0.25, -0.2) is 4.79 Å². The number of hydrogen-bond acceptors (Lipinski definition) is 2. The molecule has 24 heavy (non-hydrogen) atoms. The SMILES string of the molecule is O=c1nc(-c2ccccc2)c2cc(Cl)ccc2n1CCCCCBr. The van der Waals surface area contributed by atoms with Gasteiger partial charge in [-0.3, -0.25) is 4.57 Å². The molecular formula is C19H18BrClN2O. The Labute approximate surface area is 154 Å². The number of unbranched alkanes of at least 4 members (excludes halogenated alkanes) is 2. The molecule has 0 saturated heterocycles. The molecule has 3 rings (SSSR count). The van der Waals surface area contributed by atoms with Crippen molar-refractivity contribution in [3.05, 3.63) is 64.0 Å². The normalized spacial score (nSPS) is 11.1. The fourth-order valence-corrected chi connectivity index (χ4v) is 3.39. The summed E-state index contributed by atoms with van der Waals surface area (Å²) in [5.74, 6) is 0. The molecule has 0 N–H and O–H groups in total. The molecule has 1 aromatic heterocycles.